The molecule has 0 saturated carbocycles. The van der Waals surface area contributed by atoms with Crippen molar-refractivity contribution in [2.24, 2.45) is 0 Å². The van der Waals surface area contributed by atoms with Gasteiger partial charge in [-0.25, -0.2) is 9.97 Å². The molecule has 9 heteroatoms. The number of methoxy groups -OCH3 is 1. The van der Waals surface area contributed by atoms with Crippen molar-refractivity contribution in [2.45, 2.75) is 19.4 Å². The van der Waals surface area contributed by atoms with Gasteiger partial charge in [-0.05, 0) is 49.2 Å². The molecule has 0 radical (unpaired) electrons. The molecule has 0 unspecified atom stereocenters. The summed E-state index contributed by atoms with van der Waals surface area (Å²) in [6.07, 6.45) is 7.43. The number of aromatic nitrogens is 3. The van der Waals surface area contributed by atoms with Crippen molar-refractivity contribution in [1.29, 1.82) is 0 Å². The minimum absolute atomic E-state index is 0.378. The lowest BCUT2D eigenvalue weighted by Gasteiger charge is -2.35. The number of aryl methyl sites for hydroxylation is 1. The zero-order chi connectivity index (χ0) is 23.5. The van der Waals surface area contributed by atoms with Gasteiger partial charge in [0.1, 0.15) is 6.33 Å². The molecule has 1 aliphatic rings. The van der Waals surface area contributed by atoms with E-state index in [-0.39, 0.29) is 5.43 Å². The van der Waals surface area contributed by atoms with Crippen LogP contribution in [0, 0.1) is 0 Å². The summed E-state index contributed by atoms with van der Waals surface area (Å²) in [4.78, 5) is 39.1. The average molecular weight is 461 g/mol. The summed E-state index contributed by atoms with van der Waals surface area (Å²) < 4.78 is 5.40. The molecule has 2 N–H and O–H groups in total. The number of nitrogens with one attached hydrogen (secondary N) is 2. The van der Waals surface area contributed by atoms with Crippen LogP contribution in [0.3, 0.4) is 0 Å². The fourth-order valence-corrected chi connectivity index (χ4v) is 4.56. The molecule has 1 aliphatic heterocycles. The van der Waals surface area contributed by atoms with E-state index in [0.717, 1.165) is 62.6 Å². The van der Waals surface area contributed by atoms with Crippen LogP contribution in [0.25, 0.3) is 10.9 Å². The first kappa shape index (κ1) is 22.1. The van der Waals surface area contributed by atoms with Crippen molar-refractivity contribution >= 4 is 22.4 Å². The zero-order valence-corrected chi connectivity index (χ0v) is 19.2. The summed E-state index contributed by atoms with van der Waals surface area (Å²) in [5, 5.41) is 4.44. The van der Waals surface area contributed by atoms with Crippen LogP contribution in [0.4, 0.5) is 11.5 Å². The number of benzene rings is 1. The second kappa shape index (κ2) is 9.64. The number of aromatic amines is 1. The minimum Gasteiger partial charge on any atom is -0.491 e. The van der Waals surface area contributed by atoms with E-state index in [1.807, 2.05) is 12.1 Å². The molecule has 176 valence electrons. The second-order valence-corrected chi connectivity index (χ2v) is 8.64. The normalized spacial score (nSPS) is 14.7. The van der Waals surface area contributed by atoms with Crippen LogP contribution in [0.15, 0.2) is 52.6 Å². The summed E-state index contributed by atoms with van der Waals surface area (Å²) in [7, 11) is 1.65. The monoisotopic (exact) mass is 460 g/mol. The van der Waals surface area contributed by atoms with E-state index in [1.165, 1.54) is 17.0 Å². The van der Waals surface area contributed by atoms with Crippen molar-refractivity contribution in [3.05, 3.63) is 74.6 Å². The lowest BCUT2D eigenvalue weighted by atomic mass is 10.1. The molecule has 0 atom stereocenters. The summed E-state index contributed by atoms with van der Waals surface area (Å²) in [5.41, 5.74) is 3.08. The van der Waals surface area contributed by atoms with Crippen LogP contribution in [0.1, 0.15) is 17.5 Å². The molecule has 1 fully saturated rings. The quantitative estimate of drug-likeness (QED) is 0.365. The predicted octanol–water partition coefficient (Wildman–Crippen LogP) is 1.93. The predicted molar refractivity (Wildman–Crippen MR) is 133 cm³/mol. The highest BCUT2D eigenvalue weighted by atomic mass is 16.5. The maximum atomic E-state index is 11.5. The van der Waals surface area contributed by atoms with Crippen LogP contribution >= 0.6 is 0 Å². The second-order valence-electron chi connectivity index (χ2n) is 8.64. The number of hydrogen-bond acceptors (Lipinski definition) is 8. The van der Waals surface area contributed by atoms with Crippen molar-refractivity contribution < 1.29 is 4.74 Å². The molecule has 3 heterocycles. The van der Waals surface area contributed by atoms with Crippen LogP contribution in [-0.4, -0.2) is 59.7 Å². The van der Waals surface area contributed by atoms with Crippen molar-refractivity contribution in [1.82, 2.24) is 19.9 Å². The Bertz CT molecular complexity index is 1350. The Morgan fingerprint density at radius 2 is 1.97 bits per heavy atom. The number of piperazine rings is 1. The van der Waals surface area contributed by atoms with E-state index >= 15 is 0 Å². The highest BCUT2D eigenvalue weighted by Gasteiger charge is 2.20. The molecule has 0 bridgehead atoms. The molecule has 1 saturated heterocycles. The topological polar surface area (TPSA) is 103 Å². The molecule has 5 rings (SSSR count). The molecule has 4 aromatic rings. The first-order valence-electron chi connectivity index (χ1n) is 11.6. The number of hydrogen-bond donors (Lipinski definition) is 2. The molecule has 0 spiro atoms. The maximum Gasteiger partial charge on any atom is 0.230 e. The Kier molecular flexibility index (Phi) is 6.27. The van der Waals surface area contributed by atoms with E-state index in [1.54, 1.807) is 19.6 Å². The standard InChI is InChI=1S/C25H28N6O3/c1-34-23-15-26-16-29-25(23)31-9-7-30(8-10-31)6-2-3-17-13-28-21-5-4-19(12-20(17)21)27-14-18-11-22(32)24(18)33/h4-5,11-13,15-16,27-28H,2-3,6-10,14H2,1H3. The van der Waals surface area contributed by atoms with E-state index in [4.69, 9.17) is 4.74 Å². The Labute approximate surface area is 197 Å². The SMILES string of the molecule is COc1cncnc1N1CCN(CCCc2c[nH]c3ccc(NCc4cc(=O)c4=O)cc23)CC1. The van der Waals surface area contributed by atoms with Crippen molar-refractivity contribution in [2.75, 3.05) is 50.1 Å². The summed E-state index contributed by atoms with van der Waals surface area (Å²) in [6, 6.07) is 7.55. The van der Waals surface area contributed by atoms with Gasteiger partial charge >= 0.3 is 0 Å². The lowest BCUT2D eigenvalue weighted by molar-refractivity contribution is 0.253. The highest BCUT2D eigenvalue weighted by Crippen LogP contribution is 2.26. The van der Waals surface area contributed by atoms with Crippen molar-refractivity contribution in [3.8, 4) is 5.75 Å². The zero-order valence-electron chi connectivity index (χ0n) is 19.2. The molecule has 2 aromatic heterocycles. The van der Waals surface area contributed by atoms with Gasteiger partial charge in [-0.15, -0.1) is 0 Å². The molecule has 0 amide bonds. The van der Waals surface area contributed by atoms with Gasteiger partial charge in [0, 0.05) is 61.1 Å². The largest absolute Gasteiger partial charge is 0.491 e. The first-order valence-corrected chi connectivity index (χ1v) is 11.6. The van der Waals surface area contributed by atoms with Gasteiger partial charge < -0.3 is 19.9 Å². The lowest BCUT2D eigenvalue weighted by Crippen LogP contribution is -2.47. The van der Waals surface area contributed by atoms with Gasteiger partial charge in [0.05, 0.1) is 13.3 Å². The van der Waals surface area contributed by atoms with Gasteiger partial charge in [-0.2, -0.15) is 0 Å². The van der Waals surface area contributed by atoms with Gasteiger partial charge in [0.2, 0.25) is 10.9 Å². The first-order chi connectivity index (χ1) is 16.6. The Morgan fingerprint density at radius 1 is 1.12 bits per heavy atom. The van der Waals surface area contributed by atoms with E-state index < -0.39 is 5.43 Å². The Morgan fingerprint density at radius 3 is 2.74 bits per heavy atom. The number of anilines is 2. The molecule has 0 aliphatic carbocycles. The van der Waals surface area contributed by atoms with Gasteiger partial charge in [-0.1, -0.05) is 0 Å². The van der Waals surface area contributed by atoms with Gasteiger partial charge in [-0.3, -0.25) is 14.5 Å². The third kappa shape index (κ3) is 4.51. The number of rotatable bonds is 9. The van der Waals surface area contributed by atoms with E-state index in [2.05, 4.69) is 42.3 Å². The summed E-state index contributed by atoms with van der Waals surface area (Å²) in [6.45, 7) is 5.24. The smallest absolute Gasteiger partial charge is 0.230 e. The van der Waals surface area contributed by atoms with Gasteiger partial charge in [0.25, 0.3) is 0 Å². The third-order valence-electron chi connectivity index (χ3n) is 6.54. The average Bonchev–Trinajstić information content (AvgIpc) is 3.28. The summed E-state index contributed by atoms with van der Waals surface area (Å²) in [5.74, 6) is 1.58. The van der Waals surface area contributed by atoms with Gasteiger partial charge in [0.15, 0.2) is 11.6 Å². The third-order valence-corrected chi connectivity index (χ3v) is 6.54. The maximum absolute atomic E-state index is 11.5. The molecular formula is C25H28N6O3. The minimum atomic E-state index is -0.407. The van der Waals surface area contributed by atoms with Crippen molar-refractivity contribution in [3.63, 3.8) is 0 Å². The van der Waals surface area contributed by atoms with Crippen LogP contribution in [0.5, 0.6) is 5.75 Å². The van der Waals surface area contributed by atoms with E-state index in [0.29, 0.717) is 17.9 Å². The number of ether oxygens (including phenoxy) is 1. The van der Waals surface area contributed by atoms with Crippen LogP contribution in [0.2, 0.25) is 0 Å². The molecule has 34 heavy (non-hydrogen) atoms. The van der Waals surface area contributed by atoms with Crippen LogP contribution in [-0.2, 0) is 13.0 Å². The number of nitrogens with zero attached hydrogens (tertiary/aromatic N) is 4. The number of H-pyrrole nitrogens is 1. The number of fused-ring (bicyclic) bond motifs is 1. The summed E-state index contributed by atoms with van der Waals surface area (Å²) >= 11 is 0. The van der Waals surface area contributed by atoms with E-state index in [9.17, 15) is 9.59 Å². The Balaban J connectivity index is 1.13. The highest BCUT2D eigenvalue weighted by molar-refractivity contribution is 5.86. The fourth-order valence-electron chi connectivity index (χ4n) is 4.56. The Hall–Kier alpha value is -3.72. The van der Waals surface area contributed by atoms with Crippen LogP contribution < -0.4 is 25.8 Å². The molecular weight excluding hydrogens is 432 g/mol. The molecule has 2 aromatic carbocycles. The fraction of sp³-hybridized carbons (Fsp3) is 0.360. The molecule has 9 nitrogen and oxygen atoms in total.